The SMILES string of the molecule is O=CNC1CNC1. The summed E-state index contributed by atoms with van der Waals surface area (Å²) < 4.78 is 0. The van der Waals surface area contributed by atoms with Crippen LogP contribution >= 0.6 is 0 Å². The lowest BCUT2D eigenvalue weighted by Gasteiger charge is -2.25. The van der Waals surface area contributed by atoms with E-state index in [0.717, 1.165) is 19.5 Å². The fourth-order valence-corrected chi connectivity index (χ4v) is 0.503. The normalized spacial score (nSPS) is 20.6. The van der Waals surface area contributed by atoms with Crippen molar-refractivity contribution in [3.05, 3.63) is 0 Å². The molecular weight excluding hydrogens is 92.1 g/mol. The predicted molar refractivity (Wildman–Crippen MR) is 25.9 cm³/mol. The second-order valence-corrected chi connectivity index (χ2v) is 1.64. The first-order valence-electron chi connectivity index (χ1n) is 2.34. The number of hydrogen-bond acceptors (Lipinski definition) is 2. The van der Waals surface area contributed by atoms with E-state index in [0.29, 0.717) is 6.04 Å². The van der Waals surface area contributed by atoms with E-state index < -0.39 is 0 Å². The molecule has 0 aromatic heterocycles. The van der Waals surface area contributed by atoms with Crippen molar-refractivity contribution in [1.82, 2.24) is 10.6 Å². The van der Waals surface area contributed by atoms with Crippen molar-refractivity contribution in [3.63, 3.8) is 0 Å². The lowest BCUT2D eigenvalue weighted by molar-refractivity contribution is -0.110. The standard InChI is InChI=1S/C4H8N2O/c7-3-6-4-1-5-2-4/h3-5H,1-2H2,(H,6,7). The molecule has 1 aliphatic rings. The Morgan fingerprint density at radius 1 is 1.71 bits per heavy atom. The van der Waals surface area contributed by atoms with Gasteiger partial charge in [-0.2, -0.15) is 0 Å². The molecule has 0 saturated carbocycles. The quantitative estimate of drug-likeness (QED) is 0.424. The molecule has 1 saturated heterocycles. The number of carbonyl (C=O) groups is 1. The summed E-state index contributed by atoms with van der Waals surface area (Å²) >= 11 is 0. The van der Waals surface area contributed by atoms with Gasteiger partial charge in [0.2, 0.25) is 6.41 Å². The Labute approximate surface area is 42.1 Å². The van der Waals surface area contributed by atoms with Crippen molar-refractivity contribution >= 4 is 6.41 Å². The molecule has 0 aromatic carbocycles. The maximum atomic E-state index is 9.67. The average Bonchev–Trinajstić information content (AvgIpc) is 1.55. The molecule has 2 N–H and O–H groups in total. The summed E-state index contributed by atoms with van der Waals surface area (Å²) in [6, 6.07) is 0.400. The third-order valence-electron chi connectivity index (χ3n) is 1.09. The molecule has 7 heavy (non-hydrogen) atoms. The summed E-state index contributed by atoms with van der Waals surface area (Å²) in [5.41, 5.74) is 0. The molecule has 1 rings (SSSR count). The molecule has 0 bridgehead atoms. The number of amides is 1. The average molecular weight is 100 g/mol. The minimum Gasteiger partial charge on any atom is -0.353 e. The highest BCUT2D eigenvalue weighted by Crippen LogP contribution is 1.86. The summed E-state index contributed by atoms with van der Waals surface area (Å²) in [6.07, 6.45) is 0.742. The maximum Gasteiger partial charge on any atom is 0.207 e. The van der Waals surface area contributed by atoms with Crippen LogP contribution in [0.25, 0.3) is 0 Å². The summed E-state index contributed by atoms with van der Waals surface area (Å²) in [4.78, 5) is 9.67. The Hall–Kier alpha value is -0.570. The van der Waals surface area contributed by atoms with Crippen molar-refractivity contribution in [3.8, 4) is 0 Å². The van der Waals surface area contributed by atoms with Crippen molar-refractivity contribution in [2.45, 2.75) is 6.04 Å². The largest absolute Gasteiger partial charge is 0.353 e. The van der Waals surface area contributed by atoms with E-state index in [2.05, 4.69) is 10.6 Å². The third kappa shape index (κ3) is 0.899. The molecular formula is C4H8N2O. The van der Waals surface area contributed by atoms with Gasteiger partial charge in [-0.15, -0.1) is 0 Å². The Bertz CT molecular complexity index is 70.1. The molecule has 1 aliphatic heterocycles. The molecule has 0 aliphatic carbocycles. The smallest absolute Gasteiger partial charge is 0.207 e. The number of hydrogen-bond donors (Lipinski definition) is 2. The first-order valence-corrected chi connectivity index (χ1v) is 2.34. The van der Waals surface area contributed by atoms with Gasteiger partial charge in [0.05, 0.1) is 6.04 Å². The zero-order valence-electron chi connectivity index (χ0n) is 3.98. The number of carbonyl (C=O) groups excluding carboxylic acids is 1. The summed E-state index contributed by atoms with van der Waals surface area (Å²) in [5.74, 6) is 0. The molecule has 0 unspecified atom stereocenters. The monoisotopic (exact) mass is 100 g/mol. The molecule has 0 atom stereocenters. The minimum atomic E-state index is 0.400. The second-order valence-electron chi connectivity index (χ2n) is 1.64. The van der Waals surface area contributed by atoms with E-state index in [1.807, 2.05) is 0 Å². The van der Waals surface area contributed by atoms with Crippen LogP contribution in [0.1, 0.15) is 0 Å². The van der Waals surface area contributed by atoms with Crippen molar-refractivity contribution in [2.24, 2.45) is 0 Å². The first kappa shape index (κ1) is 4.59. The van der Waals surface area contributed by atoms with Gasteiger partial charge < -0.3 is 10.6 Å². The van der Waals surface area contributed by atoms with E-state index in [1.165, 1.54) is 0 Å². The van der Waals surface area contributed by atoms with Gasteiger partial charge in [0, 0.05) is 13.1 Å². The van der Waals surface area contributed by atoms with Crippen molar-refractivity contribution in [1.29, 1.82) is 0 Å². The van der Waals surface area contributed by atoms with E-state index in [-0.39, 0.29) is 0 Å². The van der Waals surface area contributed by atoms with E-state index in [1.54, 1.807) is 0 Å². The van der Waals surface area contributed by atoms with Gasteiger partial charge in [0.1, 0.15) is 0 Å². The van der Waals surface area contributed by atoms with Gasteiger partial charge in [0.25, 0.3) is 0 Å². The van der Waals surface area contributed by atoms with E-state index >= 15 is 0 Å². The molecule has 3 nitrogen and oxygen atoms in total. The highest BCUT2D eigenvalue weighted by atomic mass is 16.1. The van der Waals surface area contributed by atoms with Crippen LogP contribution in [0.2, 0.25) is 0 Å². The third-order valence-corrected chi connectivity index (χ3v) is 1.09. The van der Waals surface area contributed by atoms with Gasteiger partial charge in [0.15, 0.2) is 0 Å². The lowest BCUT2D eigenvalue weighted by Crippen LogP contribution is -2.54. The summed E-state index contributed by atoms with van der Waals surface area (Å²) in [6.45, 7) is 1.86. The molecule has 40 valence electrons. The van der Waals surface area contributed by atoms with Crippen LogP contribution in [-0.2, 0) is 4.79 Å². The van der Waals surface area contributed by atoms with Gasteiger partial charge in [-0.05, 0) is 0 Å². The van der Waals surface area contributed by atoms with Crippen LogP contribution in [0.3, 0.4) is 0 Å². The predicted octanol–water partition coefficient (Wildman–Crippen LogP) is -1.30. The van der Waals surface area contributed by atoms with Crippen molar-refractivity contribution in [2.75, 3.05) is 13.1 Å². The molecule has 0 radical (unpaired) electrons. The molecule has 1 amide bonds. The number of nitrogens with one attached hydrogen (secondary N) is 2. The Kier molecular flexibility index (Phi) is 1.26. The molecule has 1 heterocycles. The fraction of sp³-hybridized carbons (Fsp3) is 0.750. The molecule has 0 aromatic rings. The first-order chi connectivity index (χ1) is 3.43. The van der Waals surface area contributed by atoms with Gasteiger partial charge >= 0.3 is 0 Å². The van der Waals surface area contributed by atoms with E-state index in [9.17, 15) is 4.79 Å². The van der Waals surface area contributed by atoms with Crippen LogP contribution in [0.5, 0.6) is 0 Å². The fourth-order valence-electron chi connectivity index (χ4n) is 0.503. The van der Waals surface area contributed by atoms with Crippen LogP contribution < -0.4 is 10.6 Å². The Morgan fingerprint density at radius 3 is 2.57 bits per heavy atom. The van der Waals surface area contributed by atoms with Crippen LogP contribution in [-0.4, -0.2) is 25.5 Å². The summed E-state index contributed by atoms with van der Waals surface area (Å²) in [7, 11) is 0. The van der Waals surface area contributed by atoms with Crippen molar-refractivity contribution < 1.29 is 4.79 Å². The topological polar surface area (TPSA) is 41.1 Å². The Balaban J connectivity index is 2.03. The second kappa shape index (κ2) is 1.93. The number of rotatable bonds is 2. The summed E-state index contributed by atoms with van der Waals surface area (Å²) in [5, 5.41) is 5.66. The lowest BCUT2D eigenvalue weighted by atomic mass is 10.2. The highest BCUT2D eigenvalue weighted by Gasteiger charge is 2.13. The molecule has 3 heteroatoms. The van der Waals surface area contributed by atoms with Gasteiger partial charge in [-0.1, -0.05) is 0 Å². The minimum absolute atomic E-state index is 0.400. The zero-order chi connectivity index (χ0) is 5.11. The van der Waals surface area contributed by atoms with Gasteiger partial charge in [-0.25, -0.2) is 0 Å². The Morgan fingerprint density at radius 2 is 2.43 bits per heavy atom. The maximum absolute atomic E-state index is 9.67. The van der Waals surface area contributed by atoms with Gasteiger partial charge in [-0.3, -0.25) is 4.79 Å². The van der Waals surface area contributed by atoms with Crippen LogP contribution in [0.4, 0.5) is 0 Å². The van der Waals surface area contributed by atoms with Crippen LogP contribution in [0, 0.1) is 0 Å². The van der Waals surface area contributed by atoms with E-state index in [4.69, 9.17) is 0 Å². The van der Waals surface area contributed by atoms with Crippen LogP contribution in [0.15, 0.2) is 0 Å². The molecule has 0 spiro atoms. The highest BCUT2D eigenvalue weighted by molar-refractivity contribution is 5.47. The zero-order valence-corrected chi connectivity index (χ0v) is 3.98. The molecule has 1 fully saturated rings.